The first-order chi connectivity index (χ1) is 12.9. The molecule has 7 heteroatoms. The van der Waals surface area contributed by atoms with Gasteiger partial charge in [0, 0.05) is 34.7 Å². The van der Waals surface area contributed by atoms with Gasteiger partial charge in [-0.1, -0.05) is 25.0 Å². The molecule has 0 heterocycles. The summed E-state index contributed by atoms with van der Waals surface area (Å²) >= 11 is 0. The fourth-order valence-corrected chi connectivity index (χ4v) is 3.59. The number of ether oxygens (including phenoxy) is 1. The van der Waals surface area contributed by atoms with Crippen molar-refractivity contribution < 1.29 is 13.9 Å². The number of guanidine groups is 1. The number of rotatable bonds is 7. The first-order valence-corrected chi connectivity index (χ1v) is 9.40. The summed E-state index contributed by atoms with van der Waals surface area (Å²) in [4.78, 5) is 20.6. The van der Waals surface area contributed by atoms with Crippen molar-refractivity contribution in [3.63, 3.8) is 0 Å². The summed E-state index contributed by atoms with van der Waals surface area (Å²) in [5, 5.41) is 3.35. The number of amides is 1. The number of carbonyl (C=O) groups is 1. The molecule has 0 bridgehead atoms. The number of nitrogens with one attached hydrogen (secondary N) is 1. The maximum absolute atomic E-state index is 13.6. The molecular formula is C20H31FN4O2. The van der Waals surface area contributed by atoms with E-state index in [0.717, 1.165) is 25.7 Å². The van der Waals surface area contributed by atoms with E-state index in [1.807, 2.05) is 26.0 Å². The third kappa shape index (κ3) is 5.34. The average molecular weight is 378 g/mol. The van der Waals surface area contributed by atoms with E-state index in [9.17, 15) is 9.18 Å². The van der Waals surface area contributed by atoms with Gasteiger partial charge < -0.3 is 19.9 Å². The van der Waals surface area contributed by atoms with Crippen LogP contribution < -0.4 is 10.1 Å². The smallest absolute Gasteiger partial charge is 0.230 e. The topological polar surface area (TPSA) is 57.2 Å². The zero-order valence-electron chi connectivity index (χ0n) is 16.8. The molecule has 1 aliphatic rings. The molecule has 0 aromatic heterocycles. The summed E-state index contributed by atoms with van der Waals surface area (Å²) in [6.45, 7) is 1.44. The van der Waals surface area contributed by atoms with Gasteiger partial charge in [0.05, 0.1) is 12.0 Å². The largest absolute Gasteiger partial charge is 0.489 e. The van der Waals surface area contributed by atoms with Crippen LogP contribution in [0.15, 0.2) is 29.3 Å². The Morgan fingerprint density at radius 3 is 2.52 bits per heavy atom. The summed E-state index contributed by atoms with van der Waals surface area (Å²) in [5.74, 6) is 0.752. The molecule has 1 aliphatic carbocycles. The number of benzene rings is 1. The van der Waals surface area contributed by atoms with E-state index >= 15 is 0 Å². The second-order valence-corrected chi connectivity index (χ2v) is 7.29. The Labute approximate surface area is 161 Å². The monoisotopic (exact) mass is 378 g/mol. The van der Waals surface area contributed by atoms with E-state index in [4.69, 9.17) is 4.74 Å². The predicted octanol–water partition coefficient (Wildman–Crippen LogP) is 2.36. The van der Waals surface area contributed by atoms with Crippen molar-refractivity contribution in [1.29, 1.82) is 0 Å². The molecule has 0 aliphatic heterocycles. The van der Waals surface area contributed by atoms with Crippen molar-refractivity contribution in [1.82, 2.24) is 15.1 Å². The molecule has 0 saturated heterocycles. The summed E-state index contributed by atoms with van der Waals surface area (Å²) in [7, 11) is 7.23. The van der Waals surface area contributed by atoms with Crippen molar-refractivity contribution in [3.8, 4) is 5.75 Å². The predicted molar refractivity (Wildman–Crippen MR) is 105 cm³/mol. The van der Waals surface area contributed by atoms with Gasteiger partial charge in [0.15, 0.2) is 17.5 Å². The molecule has 6 nitrogen and oxygen atoms in total. The zero-order valence-corrected chi connectivity index (χ0v) is 16.8. The Bertz CT molecular complexity index is 657. The van der Waals surface area contributed by atoms with Crippen LogP contribution in [0.4, 0.5) is 4.39 Å². The summed E-state index contributed by atoms with van der Waals surface area (Å²) in [6, 6.07) is 6.36. The second kappa shape index (κ2) is 9.58. The third-order valence-corrected chi connectivity index (χ3v) is 5.10. The van der Waals surface area contributed by atoms with E-state index in [1.165, 1.54) is 6.07 Å². The van der Waals surface area contributed by atoms with E-state index in [1.54, 1.807) is 30.1 Å². The quantitative estimate of drug-likeness (QED) is 0.585. The van der Waals surface area contributed by atoms with Gasteiger partial charge in [-0.15, -0.1) is 0 Å². The van der Waals surface area contributed by atoms with E-state index < -0.39 is 0 Å². The van der Waals surface area contributed by atoms with Crippen LogP contribution in [0.3, 0.4) is 0 Å². The van der Waals surface area contributed by atoms with Gasteiger partial charge in [0.25, 0.3) is 0 Å². The van der Waals surface area contributed by atoms with Gasteiger partial charge >= 0.3 is 0 Å². The summed E-state index contributed by atoms with van der Waals surface area (Å²) in [6.07, 6.45) is 3.95. The van der Waals surface area contributed by atoms with Crippen LogP contribution in [-0.4, -0.2) is 69.6 Å². The Balaban J connectivity index is 1.88. The number of hydrogen-bond donors (Lipinski definition) is 1. The molecule has 150 valence electrons. The Morgan fingerprint density at radius 1 is 1.26 bits per heavy atom. The van der Waals surface area contributed by atoms with Crippen LogP contribution in [0.25, 0.3) is 0 Å². The van der Waals surface area contributed by atoms with Crippen LogP contribution in [-0.2, 0) is 4.79 Å². The van der Waals surface area contributed by atoms with Crippen LogP contribution in [0.5, 0.6) is 5.75 Å². The normalized spacial score (nSPS) is 16.1. The van der Waals surface area contributed by atoms with Gasteiger partial charge in [-0.05, 0) is 25.0 Å². The molecule has 1 N–H and O–H groups in total. The molecule has 1 saturated carbocycles. The van der Waals surface area contributed by atoms with Crippen molar-refractivity contribution >= 4 is 11.9 Å². The molecule has 0 atom stereocenters. The molecule has 0 radical (unpaired) electrons. The Kier molecular flexibility index (Phi) is 7.45. The number of carbonyl (C=O) groups excluding carboxylic acids is 1. The average Bonchev–Trinajstić information content (AvgIpc) is 3.13. The molecular weight excluding hydrogens is 347 g/mol. The number of nitrogens with zero attached hydrogens (tertiary/aromatic N) is 3. The van der Waals surface area contributed by atoms with Gasteiger partial charge in [-0.2, -0.15) is 0 Å². The lowest BCUT2D eigenvalue weighted by Crippen LogP contribution is -2.50. The number of likely N-dealkylation sites (N-methyl/N-ethyl adjacent to an activating group) is 1. The number of aliphatic imine (C=N–C) groups is 1. The van der Waals surface area contributed by atoms with Crippen molar-refractivity contribution in [2.45, 2.75) is 25.7 Å². The lowest BCUT2D eigenvalue weighted by molar-refractivity contribution is -0.138. The minimum Gasteiger partial charge on any atom is -0.489 e. The highest BCUT2D eigenvalue weighted by Gasteiger charge is 2.42. The van der Waals surface area contributed by atoms with E-state index in [0.29, 0.717) is 25.7 Å². The van der Waals surface area contributed by atoms with E-state index in [2.05, 4.69) is 10.3 Å². The van der Waals surface area contributed by atoms with Crippen LogP contribution in [0, 0.1) is 11.2 Å². The summed E-state index contributed by atoms with van der Waals surface area (Å²) < 4.78 is 19.1. The molecule has 27 heavy (non-hydrogen) atoms. The molecule has 2 rings (SSSR count). The van der Waals surface area contributed by atoms with Gasteiger partial charge in [-0.3, -0.25) is 9.79 Å². The van der Waals surface area contributed by atoms with Crippen molar-refractivity contribution in [2.75, 3.05) is 47.9 Å². The van der Waals surface area contributed by atoms with Crippen molar-refractivity contribution in [2.24, 2.45) is 10.4 Å². The fourth-order valence-electron chi connectivity index (χ4n) is 3.59. The number of para-hydroxylation sites is 1. The maximum Gasteiger partial charge on any atom is 0.230 e. The second-order valence-electron chi connectivity index (χ2n) is 7.29. The van der Waals surface area contributed by atoms with E-state index in [-0.39, 0.29) is 22.9 Å². The van der Waals surface area contributed by atoms with Gasteiger partial charge in [-0.25, -0.2) is 4.39 Å². The zero-order chi connectivity index (χ0) is 19.9. The summed E-state index contributed by atoms with van der Waals surface area (Å²) in [5.41, 5.74) is -0.357. The van der Waals surface area contributed by atoms with Crippen LogP contribution >= 0.6 is 0 Å². The lowest BCUT2D eigenvalue weighted by Gasteiger charge is -2.32. The van der Waals surface area contributed by atoms with Crippen molar-refractivity contribution in [3.05, 3.63) is 30.1 Å². The molecule has 1 aromatic rings. The number of hydrogen-bond acceptors (Lipinski definition) is 3. The lowest BCUT2D eigenvalue weighted by atomic mass is 9.84. The first kappa shape index (κ1) is 21.0. The minimum atomic E-state index is -0.368. The minimum absolute atomic E-state index is 0.175. The Morgan fingerprint density at radius 2 is 1.93 bits per heavy atom. The molecule has 0 spiro atoms. The highest BCUT2D eigenvalue weighted by Crippen LogP contribution is 2.38. The van der Waals surface area contributed by atoms with Gasteiger partial charge in [0.2, 0.25) is 5.91 Å². The Hall–Kier alpha value is -2.31. The maximum atomic E-state index is 13.6. The molecule has 1 aromatic carbocycles. The standard InChI is InChI=1S/C20H31FN4O2/c1-22-19(23-15-20(11-7-8-12-20)18(26)24(2)3)25(4)13-14-27-17-10-6-5-9-16(17)21/h5-6,9-10H,7-8,11-15H2,1-4H3,(H,22,23). The SMILES string of the molecule is CN=C(NCC1(C(=O)N(C)C)CCCC1)N(C)CCOc1ccccc1F. The molecule has 0 unspecified atom stereocenters. The highest BCUT2D eigenvalue weighted by molar-refractivity contribution is 5.85. The fraction of sp³-hybridized carbons (Fsp3) is 0.600. The van der Waals surface area contributed by atoms with Gasteiger partial charge in [0.1, 0.15) is 6.61 Å². The number of halogens is 1. The highest BCUT2D eigenvalue weighted by atomic mass is 19.1. The molecule has 1 fully saturated rings. The third-order valence-electron chi connectivity index (χ3n) is 5.10. The van der Waals surface area contributed by atoms with Crippen LogP contribution in [0.1, 0.15) is 25.7 Å². The van der Waals surface area contributed by atoms with Crippen LogP contribution in [0.2, 0.25) is 0 Å². The molecule has 1 amide bonds. The first-order valence-electron chi connectivity index (χ1n) is 9.40.